The van der Waals surface area contributed by atoms with Crippen LogP contribution in [0.5, 0.6) is 0 Å². The van der Waals surface area contributed by atoms with E-state index in [1.165, 1.54) is 11.1 Å². The smallest absolute Gasteiger partial charge is 0.0697 e. The molecule has 0 fully saturated rings. The van der Waals surface area contributed by atoms with Crippen LogP contribution < -0.4 is 11.1 Å². The van der Waals surface area contributed by atoms with Gasteiger partial charge >= 0.3 is 0 Å². The van der Waals surface area contributed by atoms with Gasteiger partial charge < -0.3 is 20.9 Å². The summed E-state index contributed by atoms with van der Waals surface area (Å²) in [6, 6.07) is 8.91. The van der Waals surface area contributed by atoms with Crippen molar-refractivity contribution in [3.8, 4) is 0 Å². The molecule has 0 saturated carbocycles. The third-order valence-corrected chi connectivity index (χ3v) is 3.35. The Balaban J connectivity index is 1.75. The molecule has 2 atom stereocenters. The van der Waals surface area contributed by atoms with E-state index in [2.05, 4.69) is 23.5 Å². The standard InChI is InChI=1S/C14H22N2O2/c15-13-10-14(12-5-2-1-4-11(12)13)16-6-3-8-18-9-7-17/h1-2,4-5,13-14,16-17H,3,6-10,15H2. The van der Waals surface area contributed by atoms with Crippen LogP contribution in [-0.4, -0.2) is 31.5 Å². The summed E-state index contributed by atoms with van der Waals surface area (Å²) in [4.78, 5) is 0. The number of rotatable bonds is 7. The first kappa shape index (κ1) is 13.5. The minimum absolute atomic E-state index is 0.0955. The second-order valence-corrected chi connectivity index (χ2v) is 4.67. The number of nitrogens with two attached hydrogens (primary N) is 1. The molecule has 0 saturated heterocycles. The molecule has 4 N–H and O–H groups in total. The lowest BCUT2D eigenvalue weighted by molar-refractivity contribution is 0.0903. The SMILES string of the molecule is NC1CC(NCCCOCCO)c2ccccc21. The number of benzene rings is 1. The molecule has 100 valence electrons. The van der Waals surface area contributed by atoms with Crippen molar-refractivity contribution in [1.29, 1.82) is 0 Å². The Morgan fingerprint density at radius 3 is 2.83 bits per heavy atom. The molecule has 0 radical (unpaired) electrons. The normalized spacial score (nSPS) is 22.1. The summed E-state index contributed by atoms with van der Waals surface area (Å²) in [5, 5.41) is 12.1. The van der Waals surface area contributed by atoms with E-state index in [0.717, 1.165) is 19.4 Å². The molecule has 2 rings (SSSR count). The van der Waals surface area contributed by atoms with Crippen LogP contribution >= 0.6 is 0 Å². The maximum absolute atomic E-state index is 8.58. The van der Waals surface area contributed by atoms with Crippen LogP contribution in [0.1, 0.15) is 36.1 Å². The highest BCUT2D eigenvalue weighted by molar-refractivity contribution is 5.37. The van der Waals surface area contributed by atoms with Crippen LogP contribution in [0.4, 0.5) is 0 Å². The largest absolute Gasteiger partial charge is 0.394 e. The van der Waals surface area contributed by atoms with E-state index < -0.39 is 0 Å². The van der Waals surface area contributed by atoms with Crippen molar-refractivity contribution >= 4 is 0 Å². The van der Waals surface area contributed by atoms with Crippen LogP contribution in [0.2, 0.25) is 0 Å². The van der Waals surface area contributed by atoms with Crippen LogP contribution in [0.15, 0.2) is 24.3 Å². The zero-order chi connectivity index (χ0) is 12.8. The zero-order valence-corrected chi connectivity index (χ0v) is 10.6. The topological polar surface area (TPSA) is 67.5 Å². The van der Waals surface area contributed by atoms with E-state index in [-0.39, 0.29) is 12.6 Å². The highest BCUT2D eigenvalue weighted by Crippen LogP contribution is 2.36. The Morgan fingerprint density at radius 2 is 2.06 bits per heavy atom. The number of aliphatic hydroxyl groups is 1. The van der Waals surface area contributed by atoms with Crippen molar-refractivity contribution in [2.75, 3.05) is 26.4 Å². The summed E-state index contributed by atoms with van der Waals surface area (Å²) in [5.41, 5.74) is 8.72. The van der Waals surface area contributed by atoms with Gasteiger partial charge in [0, 0.05) is 18.7 Å². The summed E-state index contributed by atoms with van der Waals surface area (Å²) in [6.07, 6.45) is 1.92. The maximum Gasteiger partial charge on any atom is 0.0697 e. The van der Waals surface area contributed by atoms with E-state index >= 15 is 0 Å². The molecule has 0 aromatic heterocycles. The molecule has 0 amide bonds. The molecular formula is C14H22N2O2. The van der Waals surface area contributed by atoms with E-state index in [4.69, 9.17) is 15.6 Å². The number of hydrogen-bond acceptors (Lipinski definition) is 4. The molecule has 0 aliphatic heterocycles. The lowest BCUT2D eigenvalue weighted by Gasteiger charge is -2.13. The lowest BCUT2D eigenvalue weighted by atomic mass is 10.1. The monoisotopic (exact) mass is 250 g/mol. The van der Waals surface area contributed by atoms with Gasteiger partial charge in [0.15, 0.2) is 0 Å². The van der Waals surface area contributed by atoms with E-state index in [0.29, 0.717) is 19.3 Å². The molecule has 1 aromatic carbocycles. The fourth-order valence-electron chi connectivity index (χ4n) is 2.48. The van der Waals surface area contributed by atoms with E-state index in [9.17, 15) is 0 Å². The van der Waals surface area contributed by atoms with Crippen molar-refractivity contribution in [1.82, 2.24) is 5.32 Å². The first-order valence-corrected chi connectivity index (χ1v) is 6.59. The molecule has 4 nitrogen and oxygen atoms in total. The fourth-order valence-corrected chi connectivity index (χ4v) is 2.48. The van der Waals surface area contributed by atoms with Gasteiger partial charge in [0.25, 0.3) is 0 Å². The minimum atomic E-state index is 0.0955. The van der Waals surface area contributed by atoms with Crippen molar-refractivity contribution in [2.45, 2.75) is 24.9 Å². The van der Waals surface area contributed by atoms with Gasteiger partial charge in [0.05, 0.1) is 13.2 Å². The highest BCUT2D eigenvalue weighted by Gasteiger charge is 2.27. The Hall–Kier alpha value is -0.940. The van der Waals surface area contributed by atoms with Gasteiger partial charge in [-0.05, 0) is 30.5 Å². The summed E-state index contributed by atoms with van der Waals surface area (Å²) in [6.45, 7) is 2.13. The van der Waals surface area contributed by atoms with Crippen molar-refractivity contribution < 1.29 is 9.84 Å². The van der Waals surface area contributed by atoms with Crippen LogP contribution in [0.3, 0.4) is 0 Å². The average Bonchev–Trinajstić information content (AvgIpc) is 2.71. The van der Waals surface area contributed by atoms with Crippen LogP contribution in [0.25, 0.3) is 0 Å². The Labute approximate surface area is 108 Å². The summed E-state index contributed by atoms with van der Waals surface area (Å²) >= 11 is 0. The number of ether oxygens (including phenoxy) is 1. The zero-order valence-electron chi connectivity index (χ0n) is 10.6. The van der Waals surface area contributed by atoms with Crippen LogP contribution in [-0.2, 0) is 4.74 Å². The van der Waals surface area contributed by atoms with Crippen molar-refractivity contribution in [3.05, 3.63) is 35.4 Å². The van der Waals surface area contributed by atoms with Gasteiger partial charge in [-0.2, -0.15) is 0 Å². The second-order valence-electron chi connectivity index (χ2n) is 4.67. The lowest BCUT2D eigenvalue weighted by Crippen LogP contribution is -2.22. The molecular weight excluding hydrogens is 228 g/mol. The second kappa shape index (κ2) is 6.85. The Kier molecular flexibility index (Phi) is 5.13. The molecule has 1 aliphatic carbocycles. The number of aliphatic hydroxyl groups excluding tert-OH is 1. The van der Waals surface area contributed by atoms with Gasteiger partial charge in [-0.1, -0.05) is 24.3 Å². The number of fused-ring (bicyclic) bond motifs is 1. The van der Waals surface area contributed by atoms with Gasteiger partial charge in [-0.15, -0.1) is 0 Å². The van der Waals surface area contributed by atoms with Crippen molar-refractivity contribution in [3.63, 3.8) is 0 Å². The third kappa shape index (κ3) is 3.29. The number of nitrogens with one attached hydrogen (secondary N) is 1. The molecule has 0 heterocycles. The molecule has 1 aromatic rings. The summed E-state index contributed by atoms with van der Waals surface area (Å²) < 4.78 is 5.22. The molecule has 1 aliphatic rings. The molecule has 18 heavy (non-hydrogen) atoms. The molecule has 0 spiro atoms. The molecule has 4 heteroatoms. The Morgan fingerprint density at radius 1 is 1.28 bits per heavy atom. The fraction of sp³-hybridized carbons (Fsp3) is 0.571. The number of hydrogen-bond donors (Lipinski definition) is 3. The van der Waals surface area contributed by atoms with E-state index in [1.54, 1.807) is 0 Å². The predicted octanol–water partition coefficient (Wildman–Crippen LogP) is 1.12. The third-order valence-electron chi connectivity index (χ3n) is 3.35. The van der Waals surface area contributed by atoms with Gasteiger partial charge in [0.1, 0.15) is 0 Å². The van der Waals surface area contributed by atoms with E-state index in [1.807, 2.05) is 6.07 Å². The van der Waals surface area contributed by atoms with Crippen molar-refractivity contribution in [2.24, 2.45) is 5.73 Å². The molecule has 0 bridgehead atoms. The van der Waals surface area contributed by atoms with Gasteiger partial charge in [-0.3, -0.25) is 0 Å². The summed E-state index contributed by atoms with van der Waals surface area (Å²) in [5.74, 6) is 0. The predicted molar refractivity (Wildman–Crippen MR) is 71.3 cm³/mol. The highest BCUT2D eigenvalue weighted by atomic mass is 16.5. The first-order valence-electron chi connectivity index (χ1n) is 6.59. The maximum atomic E-state index is 8.58. The quantitative estimate of drug-likeness (QED) is 0.634. The molecule has 2 unspecified atom stereocenters. The Bertz CT molecular complexity index is 371. The van der Waals surface area contributed by atoms with Gasteiger partial charge in [0.2, 0.25) is 0 Å². The van der Waals surface area contributed by atoms with Gasteiger partial charge in [-0.25, -0.2) is 0 Å². The minimum Gasteiger partial charge on any atom is -0.394 e. The summed E-state index contributed by atoms with van der Waals surface area (Å²) in [7, 11) is 0. The van der Waals surface area contributed by atoms with Crippen LogP contribution in [0, 0.1) is 0 Å². The average molecular weight is 250 g/mol. The first-order chi connectivity index (χ1) is 8.83.